The summed E-state index contributed by atoms with van der Waals surface area (Å²) in [6.07, 6.45) is 2.91. The Morgan fingerprint density at radius 2 is 2.08 bits per heavy atom. The van der Waals surface area contributed by atoms with Gasteiger partial charge in [0.2, 0.25) is 0 Å². The third-order valence-electron chi connectivity index (χ3n) is 3.79. The first-order valence-corrected chi connectivity index (χ1v) is 8.77. The van der Waals surface area contributed by atoms with Crippen LogP contribution in [0.2, 0.25) is 0 Å². The summed E-state index contributed by atoms with van der Waals surface area (Å²) in [5, 5.41) is 18.0. The summed E-state index contributed by atoms with van der Waals surface area (Å²) in [6, 6.07) is 5.70. The molecule has 0 saturated heterocycles. The van der Waals surface area contributed by atoms with E-state index in [4.69, 9.17) is 5.26 Å². The van der Waals surface area contributed by atoms with Crippen molar-refractivity contribution in [3.05, 3.63) is 54.2 Å². The Kier molecular flexibility index (Phi) is 4.53. The molecular formula is C16H10BrN5O2S. The number of thiophene rings is 1. The quantitative estimate of drug-likeness (QED) is 0.653. The Morgan fingerprint density at radius 1 is 1.32 bits per heavy atom. The molecule has 3 aromatic rings. The van der Waals surface area contributed by atoms with Crippen LogP contribution in [0.4, 0.5) is 0 Å². The van der Waals surface area contributed by atoms with Crippen LogP contribution in [0.1, 0.15) is 17.5 Å². The van der Waals surface area contributed by atoms with Crippen molar-refractivity contribution < 1.29 is 0 Å². The number of nitrogens with zero attached hydrogens (tertiary/aromatic N) is 5. The van der Waals surface area contributed by atoms with Gasteiger partial charge in [0, 0.05) is 12.7 Å². The lowest BCUT2D eigenvalue weighted by atomic mass is 10.1. The molecule has 0 bridgehead atoms. The van der Waals surface area contributed by atoms with Gasteiger partial charge < -0.3 is 0 Å². The highest BCUT2D eigenvalue weighted by Crippen LogP contribution is 2.27. The van der Waals surface area contributed by atoms with Crippen molar-refractivity contribution in [3.63, 3.8) is 0 Å². The number of pyridine rings is 1. The molecule has 124 valence electrons. The first-order valence-electron chi connectivity index (χ1n) is 7.16. The lowest BCUT2D eigenvalue weighted by Gasteiger charge is -2.12. The summed E-state index contributed by atoms with van der Waals surface area (Å²) in [5.41, 5.74) is 0.520. The Morgan fingerprint density at radius 3 is 2.76 bits per heavy atom. The largest absolute Gasteiger partial charge is 0.336 e. The number of aromatic nitrogens is 3. The number of fused-ring (bicyclic) bond motifs is 1. The number of hydrogen-bond donors (Lipinski definition) is 0. The fraction of sp³-hybridized carbons (Fsp3) is 0.188. The van der Waals surface area contributed by atoms with Crippen molar-refractivity contribution in [1.82, 2.24) is 14.1 Å². The minimum Gasteiger partial charge on any atom is -0.291 e. The number of nitriles is 2. The average molecular weight is 416 g/mol. The maximum atomic E-state index is 13.0. The second-order valence-corrected chi connectivity index (χ2v) is 7.62. The molecule has 0 aliphatic heterocycles. The molecule has 0 fully saturated rings. The molecule has 9 heteroatoms. The molecule has 0 aliphatic carbocycles. The zero-order chi connectivity index (χ0) is 18.1. The van der Waals surface area contributed by atoms with Gasteiger partial charge in [-0.05, 0) is 34.5 Å². The highest BCUT2D eigenvalue weighted by Gasteiger charge is 2.19. The third-order valence-corrected chi connectivity index (χ3v) is 5.41. The lowest BCUT2D eigenvalue weighted by molar-refractivity contribution is 0.661. The summed E-state index contributed by atoms with van der Waals surface area (Å²) < 4.78 is 3.53. The van der Waals surface area contributed by atoms with Crippen LogP contribution in [0.5, 0.6) is 0 Å². The van der Waals surface area contributed by atoms with Crippen molar-refractivity contribution >= 4 is 37.5 Å². The summed E-state index contributed by atoms with van der Waals surface area (Å²) >= 11 is 4.55. The van der Waals surface area contributed by atoms with Crippen LogP contribution in [0.15, 0.2) is 31.8 Å². The number of rotatable bonds is 3. The van der Waals surface area contributed by atoms with Crippen LogP contribution in [0, 0.1) is 29.6 Å². The first-order chi connectivity index (χ1) is 12.0. The van der Waals surface area contributed by atoms with Crippen LogP contribution in [0.25, 0.3) is 15.9 Å². The maximum Gasteiger partial charge on any atom is 0.336 e. The molecule has 0 atom stereocenters. The summed E-state index contributed by atoms with van der Waals surface area (Å²) in [7, 11) is 0. The smallest absolute Gasteiger partial charge is 0.291 e. The molecule has 3 rings (SSSR count). The second kappa shape index (κ2) is 6.63. The standard InChI is InChI=1S/C16H10BrN5O2S/c1-9-10(6-19)7-20-8-12(9)22-15(23)14-11(5-13(17)25-14)21(16(22)24)4-2-3-18/h5,7-8H,2,4H2,1H3. The van der Waals surface area contributed by atoms with E-state index in [2.05, 4.69) is 20.9 Å². The van der Waals surface area contributed by atoms with Crippen LogP contribution in [-0.2, 0) is 6.54 Å². The summed E-state index contributed by atoms with van der Waals surface area (Å²) in [4.78, 5) is 29.8. The van der Waals surface area contributed by atoms with Gasteiger partial charge >= 0.3 is 5.69 Å². The lowest BCUT2D eigenvalue weighted by Crippen LogP contribution is -2.39. The predicted molar refractivity (Wildman–Crippen MR) is 96.9 cm³/mol. The van der Waals surface area contributed by atoms with Gasteiger partial charge in [-0.1, -0.05) is 0 Å². The van der Waals surface area contributed by atoms with Crippen molar-refractivity contribution in [2.24, 2.45) is 0 Å². The van der Waals surface area contributed by atoms with Gasteiger partial charge in [0.1, 0.15) is 10.8 Å². The summed E-state index contributed by atoms with van der Waals surface area (Å²) in [5.74, 6) is 0. The molecule has 7 nitrogen and oxygen atoms in total. The molecule has 0 aliphatic rings. The van der Waals surface area contributed by atoms with E-state index >= 15 is 0 Å². The normalized spacial score (nSPS) is 10.6. The van der Waals surface area contributed by atoms with Crippen molar-refractivity contribution in [3.8, 4) is 17.8 Å². The van der Waals surface area contributed by atoms with E-state index in [0.29, 0.717) is 25.1 Å². The number of aryl methyl sites for hydroxylation is 1. The van der Waals surface area contributed by atoms with E-state index in [1.54, 1.807) is 13.0 Å². The molecule has 3 aromatic heterocycles. The molecule has 0 saturated carbocycles. The Hall–Kier alpha value is -2.75. The fourth-order valence-corrected chi connectivity index (χ4v) is 4.08. The van der Waals surface area contributed by atoms with Crippen LogP contribution in [0.3, 0.4) is 0 Å². The van der Waals surface area contributed by atoms with Crippen molar-refractivity contribution in [2.45, 2.75) is 19.9 Å². The topological polar surface area (TPSA) is 104 Å². The zero-order valence-electron chi connectivity index (χ0n) is 13.0. The number of halogens is 1. The third kappa shape index (κ3) is 2.78. The molecule has 0 spiro atoms. The Labute approximate surface area is 154 Å². The van der Waals surface area contributed by atoms with E-state index in [9.17, 15) is 14.9 Å². The van der Waals surface area contributed by atoms with Crippen molar-refractivity contribution in [1.29, 1.82) is 10.5 Å². The monoisotopic (exact) mass is 415 g/mol. The van der Waals surface area contributed by atoms with Gasteiger partial charge in [-0.15, -0.1) is 11.3 Å². The zero-order valence-corrected chi connectivity index (χ0v) is 15.4. The van der Waals surface area contributed by atoms with Gasteiger partial charge in [0.15, 0.2) is 0 Å². The summed E-state index contributed by atoms with van der Waals surface area (Å²) in [6.45, 7) is 1.83. The molecule has 0 unspecified atom stereocenters. The minimum absolute atomic E-state index is 0.135. The van der Waals surface area contributed by atoms with Gasteiger partial charge in [-0.25, -0.2) is 9.36 Å². The number of hydrogen-bond acceptors (Lipinski definition) is 6. The first kappa shape index (κ1) is 17.1. The molecule has 3 heterocycles. The van der Waals surface area contributed by atoms with Gasteiger partial charge in [-0.2, -0.15) is 10.5 Å². The molecule has 0 aromatic carbocycles. The van der Waals surface area contributed by atoms with E-state index in [-0.39, 0.29) is 18.7 Å². The minimum atomic E-state index is -0.557. The Balaban J connectivity index is 2.45. The molecule has 25 heavy (non-hydrogen) atoms. The van der Waals surface area contributed by atoms with Gasteiger partial charge in [0.05, 0.1) is 39.2 Å². The van der Waals surface area contributed by atoms with Gasteiger partial charge in [0.25, 0.3) is 5.56 Å². The van der Waals surface area contributed by atoms with E-state index in [1.165, 1.54) is 28.3 Å². The van der Waals surface area contributed by atoms with Crippen LogP contribution >= 0.6 is 27.3 Å². The van der Waals surface area contributed by atoms with E-state index in [0.717, 1.165) is 4.57 Å². The predicted octanol–water partition coefficient (Wildman–Crippen LogP) is 2.47. The SMILES string of the molecule is Cc1c(C#N)cncc1-n1c(=O)c2sc(Br)cc2n(CCC#N)c1=O. The van der Waals surface area contributed by atoms with Crippen LogP contribution in [-0.4, -0.2) is 14.1 Å². The highest BCUT2D eigenvalue weighted by atomic mass is 79.9. The van der Waals surface area contributed by atoms with E-state index in [1.807, 2.05) is 12.1 Å². The molecule has 0 N–H and O–H groups in total. The fourth-order valence-electron chi connectivity index (χ4n) is 2.56. The molecule has 0 radical (unpaired) electrons. The molecule has 0 amide bonds. The highest BCUT2D eigenvalue weighted by molar-refractivity contribution is 9.11. The second-order valence-electron chi connectivity index (χ2n) is 5.19. The van der Waals surface area contributed by atoms with Crippen molar-refractivity contribution in [2.75, 3.05) is 0 Å². The molecular weight excluding hydrogens is 406 g/mol. The Bertz CT molecular complexity index is 1190. The van der Waals surface area contributed by atoms with E-state index < -0.39 is 11.2 Å². The van der Waals surface area contributed by atoms with Gasteiger partial charge in [-0.3, -0.25) is 14.3 Å². The maximum absolute atomic E-state index is 13.0. The average Bonchev–Trinajstić information content (AvgIpc) is 2.98. The van der Waals surface area contributed by atoms with Crippen LogP contribution < -0.4 is 11.2 Å².